The number of anilines is 1. The number of carbonyl (C=O) groups excluding carboxylic acids is 1. The lowest BCUT2D eigenvalue weighted by molar-refractivity contribution is -0.160. The number of aromatic nitrogens is 2. The maximum Gasteiger partial charge on any atom is 0.407 e. The highest BCUT2D eigenvalue weighted by Gasteiger charge is 2.65. The number of amides is 1. The minimum atomic E-state index is -4.68. The predicted octanol–water partition coefficient (Wildman–Crippen LogP) is 2.70. The smallest absolute Gasteiger partial charge is 0.345 e. The first-order valence-electron chi connectivity index (χ1n) is 7.63. The van der Waals surface area contributed by atoms with Gasteiger partial charge in [-0.3, -0.25) is 4.79 Å². The molecule has 0 spiro atoms. The normalized spacial score (nSPS) is 16.2. The molecule has 1 aliphatic rings. The molecule has 2 aromatic rings. The number of rotatable bonds is 5. The van der Waals surface area contributed by atoms with Gasteiger partial charge in [-0.25, -0.2) is 13.4 Å². The summed E-state index contributed by atoms with van der Waals surface area (Å²) in [6.07, 6.45) is -2.88. The standard InChI is InChI=1S/C15H14ClF3N4O3S/c1-23-8-10(27(25,26)22-14(3-4-14)15(17,18)19)7-11(23)13(24)21-9-2-5-20-12(16)6-9/h2,5-8,22H,3-4H2,1H3,(H,20,21,24). The summed E-state index contributed by atoms with van der Waals surface area (Å²) in [5.74, 6) is -0.654. The van der Waals surface area contributed by atoms with Crippen LogP contribution in [0.4, 0.5) is 18.9 Å². The van der Waals surface area contributed by atoms with Crippen molar-refractivity contribution in [3.05, 3.63) is 41.4 Å². The van der Waals surface area contributed by atoms with Crippen LogP contribution in [0.25, 0.3) is 0 Å². The van der Waals surface area contributed by atoms with Gasteiger partial charge in [-0.05, 0) is 31.0 Å². The van der Waals surface area contributed by atoms with Crippen molar-refractivity contribution in [2.45, 2.75) is 29.5 Å². The third-order valence-corrected chi connectivity index (χ3v) is 5.84. The zero-order valence-corrected chi connectivity index (χ0v) is 15.4. The number of nitrogens with one attached hydrogen (secondary N) is 2. The van der Waals surface area contributed by atoms with Gasteiger partial charge in [-0.15, -0.1) is 0 Å². The predicted molar refractivity (Wildman–Crippen MR) is 91.0 cm³/mol. The van der Waals surface area contributed by atoms with Crippen molar-refractivity contribution < 1.29 is 26.4 Å². The zero-order chi connectivity index (χ0) is 20.0. The second kappa shape index (κ2) is 6.50. The Hall–Kier alpha value is -2.11. The highest BCUT2D eigenvalue weighted by atomic mass is 35.5. The second-order valence-electron chi connectivity index (χ2n) is 6.18. The summed E-state index contributed by atoms with van der Waals surface area (Å²) >= 11 is 5.73. The molecule has 0 saturated heterocycles. The molecule has 1 saturated carbocycles. The molecule has 2 N–H and O–H groups in total. The number of halogens is 4. The molecular formula is C15H14ClF3N4O3S. The number of sulfonamides is 1. The largest absolute Gasteiger partial charge is 0.407 e. The molecule has 0 aromatic carbocycles. The lowest BCUT2D eigenvalue weighted by Crippen LogP contribution is -2.47. The van der Waals surface area contributed by atoms with Gasteiger partial charge in [0, 0.05) is 25.1 Å². The van der Waals surface area contributed by atoms with Gasteiger partial charge in [0.1, 0.15) is 21.3 Å². The minimum Gasteiger partial charge on any atom is -0.345 e. The molecule has 0 radical (unpaired) electrons. The Morgan fingerprint density at radius 3 is 2.56 bits per heavy atom. The van der Waals surface area contributed by atoms with E-state index < -0.39 is 32.5 Å². The average molecular weight is 423 g/mol. The Morgan fingerprint density at radius 2 is 2.00 bits per heavy atom. The molecule has 0 unspecified atom stereocenters. The first-order chi connectivity index (χ1) is 12.4. The highest BCUT2D eigenvalue weighted by Crippen LogP contribution is 2.49. The molecule has 0 atom stereocenters. The van der Waals surface area contributed by atoms with E-state index in [1.165, 1.54) is 29.9 Å². The van der Waals surface area contributed by atoms with Gasteiger partial charge in [-0.2, -0.15) is 17.9 Å². The van der Waals surface area contributed by atoms with Crippen LogP contribution in [0.15, 0.2) is 35.5 Å². The SMILES string of the molecule is Cn1cc(S(=O)(=O)NC2(C(F)(F)F)CC2)cc1C(=O)Nc1ccnc(Cl)c1. The van der Waals surface area contributed by atoms with Crippen LogP contribution in [-0.4, -0.2) is 35.6 Å². The van der Waals surface area contributed by atoms with E-state index in [2.05, 4.69) is 10.3 Å². The van der Waals surface area contributed by atoms with E-state index in [-0.39, 0.29) is 23.7 Å². The van der Waals surface area contributed by atoms with Crippen molar-refractivity contribution in [3.63, 3.8) is 0 Å². The number of aryl methyl sites for hydroxylation is 1. The van der Waals surface area contributed by atoms with E-state index in [0.717, 1.165) is 12.3 Å². The summed E-state index contributed by atoms with van der Waals surface area (Å²) in [7, 11) is -3.05. The van der Waals surface area contributed by atoms with Crippen molar-refractivity contribution >= 4 is 33.2 Å². The third kappa shape index (κ3) is 3.94. The van der Waals surface area contributed by atoms with Crippen molar-refractivity contribution in [1.82, 2.24) is 14.3 Å². The molecule has 1 aliphatic carbocycles. The van der Waals surface area contributed by atoms with Crippen LogP contribution in [-0.2, 0) is 17.1 Å². The quantitative estimate of drug-likeness (QED) is 0.724. The van der Waals surface area contributed by atoms with Gasteiger partial charge in [0.2, 0.25) is 10.0 Å². The number of pyridine rings is 1. The first kappa shape index (κ1) is 19.6. The van der Waals surface area contributed by atoms with Crippen LogP contribution < -0.4 is 10.0 Å². The molecule has 7 nitrogen and oxygen atoms in total. The fourth-order valence-corrected chi connectivity index (χ4v) is 4.16. The van der Waals surface area contributed by atoms with Crippen LogP contribution in [0, 0.1) is 0 Å². The van der Waals surface area contributed by atoms with E-state index in [0.29, 0.717) is 5.69 Å². The monoisotopic (exact) mass is 422 g/mol. The van der Waals surface area contributed by atoms with Crippen LogP contribution in [0.3, 0.4) is 0 Å². The maximum absolute atomic E-state index is 13.0. The molecule has 1 fully saturated rings. The number of carbonyl (C=O) groups is 1. The van der Waals surface area contributed by atoms with Crippen molar-refractivity contribution in [2.24, 2.45) is 7.05 Å². The van der Waals surface area contributed by atoms with Gasteiger partial charge < -0.3 is 9.88 Å². The van der Waals surface area contributed by atoms with E-state index in [1.54, 1.807) is 4.72 Å². The Kier molecular flexibility index (Phi) is 4.73. The van der Waals surface area contributed by atoms with Gasteiger partial charge in [0.15, 0.2) is 0 Å². The molecule has 1 amide bonds. The van der Waals surface area contributed by atoms with Gasteiger partial charge in [0.25, 0.3) is 5.91 Å². The summed E-state index contributed by atoms with van der Waals surface area (Å²) in [5, 5.41) is 2.66. The van der Waals surface area contributed by atoms with E-state index in [4.69, 9.17) is 11.6 Å². The summed E-state index contributed by atoms with van der Waals surface area (Å²) in [6.45, 7) is 0. The Labute approximate surface area is 157 Å². The highest BCUT2D eigenvalue weighted by molar-refractivity contribution is 7.89. The van der Waals surface area contributed by atoms with E-state index in [1.807, 2.05) is 0 Å². The van der Waals surface area contributed by atoms with Gasteiger partial charge >= 0.3 is 6.18 Å². The number of hydrogen-bond donors (Lipinski definition) is 2. The molecule has 27 heavy (non-hydrogen) atoms. The molecule has 2 aromatic heterocycles. The van der Waals surface area contributed by atoms with Crippen LogP contribution >= 0.6 is 11.6 Å². The minimum absolute atomic E-state index is 0.0554. The molecule has 3 rings (SSSR count). The van der Waals surface area contributed by atoms with E-state index >= 15 is 0 Å². The van der Waals surface area contributed by atoms with E-state index in [9.17, 15) is 26.4 Å². The summed E-state index contributed by atoms with van der Waals surface area (Å²) in [5.41, 5.74) is -2.16. The molecule has 0 bridgehead atoms. The Bertz CT molecular complexity index is 1000. The van der Waals surface area contributed by atoms with Crippen molar-refractivity contribution in [1.29, 1.82) is 0 Å². The fourth-order valence-electron chi connectivity index (χ4n) is 2.47. The Morgan fingerprint density at radius 1 is 1.33 bits per heavy atom. The molecule has 0 aliphatic heterocycles. The van der Waals surface area contributed by atoms with Crippen LogP contribution in [0.5, 0.6) is 0 Å². The summed E-state index contributed by atoms with van der Waals surface area (Å²) in [6, 6.07) is 3.88. The average Bonchev–Trinajstić information content (AvgIpc) is 3.20. The van der Waals surface area contributed by atoms with Crippen LogP contribution in [0.2, 0.25) is 5.15 Å². The summed E-state index contributed by atoms with van der Waals surface area (Å²) < 4.78 is 66.7. The fraction of sp³-hybridized carbons (Fsp3) is 0.333. The molecule has 2 heterocycles. The van der Waals surface area contributed by atoms with Gasteiger partial charge in [-0.1, -0.05) is 11.6 Å². The molecular weight excluding hydrogens is 409 g/mol. The third-order valence-electron chi connectivity index (χ3n) is 4.13. The van der Waals surface area contributed by atoms with Gasteiger partial charge in [0.05, 0.1) is 0 Å². The Balaban J connectivity index is 1.82. The zero-order valence-electron chi connectivity index (χ0n) is 13.8. The van der Waals surface area contributed by atoms with Crippen LogP contribution in [0.1, 0.15) is 23.3 Å². The topological polar surface area (TPSA) is 93.1 Å². The molecule has 146 valence electrons. The molecule has 12 heteroatoms. The number of alkyl halides is 3. The number of hydrogen-bond acceptors (Lipinski definition) is 4. The first-order valence-corrected chi connectivity index (χ1v) is 9.50. The summed E-state index contributed by atoms with van der Waals surface area (Å²) in [4.78, 5) is 15.7. The second-order valence-corrected chi connectivity index (χ2v) is 8.25. The van der Waals surface area contributed by atoms with Crippen molar-refractivity contribution in [3.8, 4) is 0 Å². The number of nitrogens with zero attached hydrogens (tertiary/aromatic N) is 2. The lowest BCUT2D eigenvalue weighted by Gasteiger charge is -2.20. The lowest BCUT2D eigenvalue weighted by atomic mass is 10.3. The maximum atomic E-state index is 13.0. The van der Waals surface area contributed by atoms with Crippen molar-refractivity contribution in [2.75, 3.05) is 5.32 Å².